The quantitative estimate of drug-likeness (QED) is 0.149. The Balaban J connectivity index is 0.00000706. The van der Waals surface area contributed by atoms with E-state index in [0.717, 1.165) is 63.0 Å². The minimum absolute atomic E-state index is 0. The summed E-state index contributed by atoms with van der Waals surface area (Å²) in [4.78, 5) is 9.41. The first-order chi connectivity index (χ1) is 35.0. The Bertz CT molecular complexity index is 3720. The number of furan rings is 1. The van der Waals surface area contributed by atoms with E-state index in [-0.39, 0.29) is 71.2 Å². The van der Waals surface area contributed by atoms with Crippen LogP contribution >= 0.6 is 0 Å². The third-order valence-corrected chi connectivity index (χ3v) is 14.8. The Kier molecular flexibility index (Phi) is 8.77. The Morgan fingerprint density at radius 2 is 1.35 bits per heavy atom. The summed E-state index contributed by atoms with van der Waals surface area (Å²) in [5.74, 6) is -0.860. The number of hydrogen-bond donors (Lipinski definition) is 0. The van der Waals surface area contributed by atoms with Gasteiger partial charge < -0.3 is 19.1 Å². The fourth-order valence-electron chi connectivity index (χ4n) is 9.87. The topological polar surface area (TPSA) is 48.2 Å². The minimum Gasteiger partial charge on any atom is -0.501 e. The number of nitrogens with zero attached hydrogens (tertiary/aromatic N) is 2. The van der Waals surface area contributed by atoms with Crippen LogP contribution in [0.5, 0.6) is 11.5 Å². The van der Waals surface area contributed by atoms with Gasteiger partial charge in [-0.3, -0.25) is 0 Å². The molecule has 1 fully saturated rings. The van der Waals surface area contributed by atoms with Gasteiger partial charge in [-0.2, -0.15) is 0 Å². The molecule has 0 N–H and O–H groups in total. The van der Waals surface area contributed by atoms with E-state index in [1.807, 2.05) is 55.6 Å². The Morgan fingerprint density at radius 1 is 0.652 bits per heavy atom. The molecule has 0 unspecified atom stereocenters. The first kappa shape index (κ1) is 34.5. The van der Waals surface area contributed by atoms with Gasteiger partial charge in [-0.05, 0) is 136 Å². The van der Waals surface area contributed by atoms with Crippen LogP contribution in [0.3, 0.4) is 0 Å². The van der Waals surface area contributed by atoms with Crippen molar-refractivity contribution in [2.45, 2.75) is 94.7 Å². The van der Waals surface area contributed by atoms with Gasteiger partial charge in [0.05, 0.1) is 5.58 Å². The molecule has 0 bridgehead atoms. The second-order valence-electron chi connectivity index (χ2n) is 19.7. The maximum Gasteiger partial charge on any atom is 2.00 e. The number of ether oxygens (including phenoxy) is 1. The molecule has 0 spiro atoms. The van der Waals surface area contributed by atoms with Crippen LogP contribution in [0, 0.1) is 62.8 Å². The zero-order valence-electron chi connectivity index (χ0n) is 48.5. The number of fused-ring (bicyclic) bond motifs is 4. The van der Waals surface area contributed by atoms with Crippen molar-refractivity contribution in [3.63, 3.8) is 0 Å². The third kappa shape index (κ3) is 7.79. The summed E-state index contributed by atoms with van der Waals surface area (Å²) in [6.45, 7) is 9.60. The van der Waals surface area contributed by atoms with Gasteiger partial charge in [0.15, 0.2) is 0 Å². The minimum atomic E-state index is -2.82. The van der Waals surface area contributed by atoms with Crippen LogP contribution in [-0.4, -0.2) is 9.97 Å². The molecule has 0 amide bonds. The molecule has 0 radical (unpaired) electrons. The summed E-state index contributed by atoms with van der Waals surface area (Å²) in [5.41, 5.74) is 6.79. The average Bonchev–Trinajstić information content (AvgIpc) is 3.68. The molecule has 6 aromatic carbocycles. The molecule has 334 valence electrons. The van der Waals surface area contributed by atoms with Crippen molar-refractivity contribution in [1.29, 1.82) is 0 Å². The molecule has 10 rings (SSSR count). The van der Waals surface area contributed by atoms with Crippen LogP contribution in [0.25, 0.3) is 77.5 Å². The van der Waals surface area contributed by atoms with Gasteiger partial charge in [-0.15, -0.1) is 11.6 Å². The standard InChI is InChI=1S/C61H58N2O2.Pt/c1-36-24-54(62-34-38(36)3)45-26-50(41-17-13-12-14-18-41)40(5)56(28-45)64-47-29-52-51-25-42-19-15-16-20-43(42)27-57(51)65-58(52)53(30-47)55-31-49(39(4)35-63-55)48-22-21-44(23-37(48)2)46-32-59(6,7)61(10,11)60(8,9)33-46;/h12-27,29,31,34-35,46H,32-33H2,1-11H3;/q-2;+2/i1D3,3D3,5D3,46D;. The molecule has 3 aromatic heterocycles. The maximum absolute atomic E-state index is 9.99. The molecule has 4 nitrogen and oxygen atoms in total. The van der Waals surface area contributed by atoms with Crippen LogP contribution in [0.1, 0.15) is 107 Å². The van der Waals surface area contributed by atoms with Gasteiger partial charge in [-0.25, -0.2) is 0 Å². The van der Waals surface area contributed by atoms with E-state index in [1.54, 1.807) is 42.5 Å². The summed E-state index contributed by atoms with van der Waals surface area (Å²) in [5, 5.41) is 3.39. The fourth-order valence-corrected chi connectivity index (χ4v) is 9.87. The molecule has 0 aliphatic heterocycles. The Morgan fingerprint density at radius 3 is 2.06 bits per heavy atom. The predicted octanol–water partition coefficient (Wildman–Crippen LogP) is 17.1. The van der Waals surface area contributed by atoms with Crippen LogP contribution in [0.15, 0.2) is 126 Å². The normalized spacial score (nSPS) is 18.8. The molecular formula is C61H58N2O2Pt. The summed E-state index contributed by atoms with van der Waals surface area (Å²) in [6, 6.07) is 40.4. The monoisotopic (exact) mass is 1060 g/mol. The molecule has 0 atom stereocenters. The van der Waals surface area contributed by atoms with E-state index >= 15 is 0 Å². The summed E-state index contributed by atoms with van der Waals surface area (Å²) >= 11 is 0. The number of aryl methyl sites for hydroxylation is 4. The van der Waals surface area contributed by atoms with Gasteiger partial charge in [0.2, 0.25) is 0 Å². The van der Waals surface area contributed by atoms with E-state index in [0.29, 0.717) is 33.4 Å². The number of pyridine rings is 2. The summed E-state index contributed by atoms with van der Waals surface area (Å²) in [6.07, 6.45) is 4.31. The van der Waals surface area contributed by atoms with Crippen molar-refractivity contribution in [2.24, 2.45) is 16.2 Å². The van der Waals surface area contributed by atoms with Gasteiger partial charge in [0.1, 0.15) is 5.58 Å². The number of rotatable bonds is 7. The van der Waals surface area contributed by atoms with Crippen molar-refractivity contribution < 1.29 is 43.9 Å². The molecule has 1 aliphatic carbocycles. The van der Waals surface area contributed by atoms with Crippen molar-refractivity contribution in [3.8, 4) is 56.3 Å². The van der Waals surface area contributed by atoms with E-state index in [9.17, 15) is 1.37 Å². The van der Waals surface area contributed by atoms with Crippen LogP contribution in [0.2, 0.25) is 0 Å². The van der Waals surface area contributed by atoms with Gasteiger partial charge >= 0.3 is 21.1 Å². The maximum atomic E-state index is 9.99. The number of aromatic nitrogens is 2. The van der Waals surface area contributed by atoms with E-state index < -0.39 is 37.6 Å². The number of benzene rings is 6. The zero-order valence-corrected chi connectivity index (χ0v) is 40.8. The summed E-state index contributed by atoms with van der Waals surface area (Å²) in [7, 11) is 0. The largest absolute Gasteiger partial charge is 2.00 e. The molecule has 3 heterocycles. The van der Waals surface area contributed by atoms with E-state index in [4.69, 9.17) is 26.5 Å². The first-order valence-corrected chi connectivity index (χ1v) is 22.2. The van der Waals surface area contributed by atoms with Crippen molar-refractivity contribution in [2.75, 3.05) is 0 Å². The Labute approximate surface area is 419 Å². The second-order valence-corrected chi connectivity index (χ2v) is 19.7. The van der Waals surface area contributed by atoms with Gasteiger partial charge in [0, 0.05) is 43.0 Å². The van der Waals surface area contributed by atoms with E-state index in [2.05, 4.69) is 83.8 Å². The van der Waals surface area contributed by atoms with Crippen molar-refractivity contribution >= 4 is 32.7 Å². The van der Waals surface area contributed by atoms with Crippen LogP contribution in [0.4, 0.5) is 0 Å². The first-order valence-electron chi connectivity index (χ1n) is 27.2. The smallest absolute Gasteiger partial charge is 0.501 e. The van der Waals surface area contributed by atoms with Gasteiger partial charge in [-0.1, -0.05) is 179 Å². The van der Waals surface area contributed by atoms with Gasteiger partial charge in [0.25, 0.3) is 0 Å². The Hall–Kier alpha value is -5.83. The van der Waals surface area contributed by atoms with Crippen LogP contribution in [-0.2, 0) is 21.1 Å². The molecule has 1 saturated carbocycles. The summed E-state index contributed by atoms with van der Waals surface area (Å²) < 4.78 is 99.4. The molecule has 0 saturated heterocycles. The molecule has 66 heavy (non-hydrogen) atoms. The van der Waals surface area contributed by atoms with Crippen LogP contribution < -0.4 is 4.74 Å². The third-order valence-electron chi connectivity index (χ3n) is 14.8. The van der Waals surface area contributed by atoms with Crippen molar-refractivity contribution in [1.82, 2.24) is 9.97 Å². The molecule has 1 aliphatic rings. The fraction of sp³-hybridized carbons (Fsp3) is 0.279. The SMILES string of the molecule is [2H]C([2H])([2H])c1cnc(-c2[c-]c(Oc3[c-]c(-c4cc(-c5ccc(C6([2H])CC(C)(C)C(C)(C)C(C)(C)C6)cc5C)c(C)cn4)c4oc5cc6ccccc6cc5c4c3)c(C([2H])([2H])[2H])c(-c3ccccc3)c2)cc1C([2H])([2H])[2H].[Pt+2]. The molecule has 5 heteroatoms. The number of hydrogen-bond acceptors (Lipinski definition) is 4. The second kappa shape index (κ2) is 16.8. The van der Waals surface area contributed by atoms with E-state index in [1.165, 1.54) is 6.07 Å². The predicted molar refractivity (Wildman–Crippen MR) is 270 cm³/mol. The molecular weight excluding hydrogens is 988 g/mol. The van der Waals surface area contributed by atoms with Crippen molar-refractivity contribution in [3.05, 3.63) is 167 Å². The average molecular weight is 1060 g/mol. The molecule has 9 aromatic rings. The zero-order chi connectivity index (χ0) is 54.0.